The van der Waals surface area contributed by atoms with E-state index in [9.17, 15) is 4.79 Å². The monoisotopic (exact) mass is 398 g/mol. The van der Waals surface area contributed by atoms with Gasteiger partial charge in [0.05, 0.1) is 5.52 Å². The molecule has 1 fully saturated rings. The number of hydrogen-bond acceptors (Lipinski definition) is 6. The first-order valence-corrected chi connectivity index (χ1v) is 11.1. The van der Waals surface area contributed by atoms with Crippen LogP contribution in [0.5, 0.6) is 0 Å². The van der Waals surface area contributed by atoms with Crippen LogP contribution in [0.4, 0.5) is 5.82 Å². The number of hydrogen-bond donors (Lipinski definition) is 1. The second kappa shape index (κ2) is 6.65. The molecule has 2 aliphatic rings. The Morgan fingerprint density at radius 2 is 1.96 bits per heavy atom. The van der Waals surface area contributed by atoms with E-state index in [0.717, 1.165) is 58.4 Å². The molecule has 7 heteroatoms. The molecule has 4 heterocycles. The van der Waals surface area contributed by atoms with Crippen molar-refractivity contribution in [3.8, 4) is 0 Å². The van der Waals surface area contributed by atoms with Crippen LogP contribution in [0, 0.1) is 0 Å². The number of piperazine rings is 1. The molecular formula is C20H22N4OS2. The number of benzene rings is 1. The van der Waals surface area contributed by atoms with Gasteiger partial charge in [-0.15, -0.1) is 23.1 Å². The van der Waals surface area contributed by atoms with E-state index < -0.39 is 0 Å². The van der Waals surface area contributed by atoms with Crippen molar-refractivity contribution in [2.45, 2.75) is 17.9 Å². The lowest BCUT2D eigenvalue weighted by Gasteiger charge is -2.33. The van der Waals surface area contributed by atoms with E-state index in [0.29, 0.717) is 0 Å². The fourth-order valence-electron chi connectivity index (χ4n) is 3.80. The van der Waals surface area contributed by atoms with Gasteiger partial charge in [0.2, 0.25) is 0 Å². The van der Waals surface area contributed by atoms with Gasteiger partial charge in [-0.3, -0.25) is 4.79 Å². The zero-order chi connectivity index (χ0) is 18.5. The van der Waals surface area contributed by atoms with Crippen molar-refractivity contribution in [3.63, 3.8) is 0 Å². The molecule has 0 spiro atoms. The Morgan fingerprint density at radius 1 is 1.15 bits per heavy atom. The topological polar surface area (TPSA) is 48.5 Å². The van der Waals surface area contributed by atoms with E-state index >= 15 is 0 Å². The van der Waals surface area contributed by atoms with E-state index in [1.807, 2.05) is 0 Å². The fourth-order valence-corrected chi connectivity index (χ4v) is 6.27. The first-order chi connectivity index (χ1) is 13.1. The van der Waals surface area contributed by atoms with Crippen LogP contribution >= 0.6 is 23.1 Å². The maximum atomic E-state index is 12.6. The predicted molar refractivity (Wildman–Crippen MR) is 114 cm³/mol. The number of thiophene rings is 1. The van der Waals surface area contributed by atoms with Gasteiger partial charge in [-0.25, -0.2) is 4.98 Å². The van der Waals surface area contributed by atoms with E-state index in [1.54, 1.807) is 23.1 Å². The molecule has 2 aromatic heterocycles. The van der Waals surface area contributed by atoms with Crippen molar-refractivity contribution in [1.29, 1.82) is 0 Å². The number of likely N-dealkylation sites (N-methyl/N-ethyl adjacent to an activating group) is 1. The summed E-state index contributed by atoms with van der Waals surface area (Å²) in [6.45, 7) is 6.23. The summed E-state index contributed by atoms with van der Waals surface area (Å²) in [7, 11) is 2.17. The van der Waals surface area contributed by atoms with Gasteiger partial charge in [0, 0.05) is 58.3 Å². The fraction of sp³-hybridized carbons (Fsp3) is 0.400. The van der Waals surface area contributed by atoms with E-state index in [2.05, 4.69) is 53.4 Å². The Morgan fingerprint density at radius 3 is 2.78 bits per heavy atom. The first kappa shape index (κ1) is 17.3. The van der Waals surface area contributed by atoms with E-state index in [1.165, 1.54) is 10.1 Å². The SMILES string of the molecule is C[C@@H]1CSc2c(sc3ccc4nc(N5CCN(C)CC5)ccc4c23)C(=O)N1. The number of nitrogens with zero attached hydrogens (tertiary/aromatic N) is 3. The first-order valence-electron chi connectivity index (χ1n) is 9.33. The predicted octanol–water partition coefficient (Wildman–Crippen LogP) is 3.43. The molecule has 2 aliphatic heterocycles. The minimum Gasteiger partial charge on any atom is -0.354 e. The number of anilines is 1. The van der Waals surface area contributed by atoms with Crippen LogP contribution in [0.1, 0.15) is 16.6 Å². The largest absolute Gasteiger partial charge is 0.354 e. The van der Waals surface area contributed by atoms with Crippen LogP contribution in [0.25, 0.3) is 21.0 Å². The molecule has 5 nitrogen and oxygen atoms in total. The summed E-state index contributed by atoms with van der Waals surface area (Å²) in [5, 5.41) is 5.43. The molecule has 1 saturated heterocycles. The van der Waals surface area contributed by atoms with Gasteiger partial charge in [0.15, 0.2) is 0 Å². The Kier molecular flexibility index (Phi) is 4.26. The number of thioether (sulfide) groups is 1. The van der Waals surface area contributed by atoms with Crippen LogP contribution in [-0.4, -0.2) is 60.8 Å². The number of amides is 1. The second-order valence-electron chi connectivity index (χ2n) is 7.41. The Hall–Kier alpha value is -1.83. The highest BCUT2D eigenvalue weighted by molar-refractivity contribution is 7.99. The molecule has 0 bridgehead atoms. The van der Waals surface area contributed by atoms with Crippen molar-refractivity contribution in [1.82, 2.24) is 15.2 Å². The van der Waals surface area contributed by atoms with Gasteiger partial charge in [-0.1, -0.05) is 0 Å². The summed E-state index contributed by atoms with van der Waals surface area (Å²) in [5.41, 5.74) is 1.01. The molecule has 0 unspecified atom stereocenters. The van der Waals surface area contributed by atoms with Crippen LogP contribution in [-0.2, 0) is 0 Å². The molecule has 140 valence electrons. The highest BCUT2D eigenvalue weighted by atomic mass is 32.2. The summed E-state index contributed by atoms with van der Waals surface area (Å²) in [4.78, 5) is 24.2. The van der Waals surface area contributed by atoms with Crippen LogP contribution in [0.2, 0.25) is 0 Å². The second-order valence-corrected chi connectivity index (χ2v) is 9.49. The lowest BCUT2D eigenvalue weighted by molar-refractivity contribution is 0.0946. The molecule has 1 amide bonds. The molecule has 0 aliphatic carbocycles. The minimum absolute atomic E-state index is 0.0545. The molecule has 1 N–H and O–H groups in total. The van der Waals surface area contributed by atoms with Crippen molar-refractivity contribution >= 4 is 55.8 Å². The molecule has 1 atom stereocenters. The maximum Gasteiger partial charge on any atom is 0.262 e. The molecule has 1 aromatic carbocycles. The summed E-state index contributed by atoms with van der Waals surface area (Å²) < 4.78 is 1.17. The van der Waals surface area contributed by atoms with Gasteiger partial charge in [0.1, 0.15) is 10.7 Å². The average molecular weight is 399 g/mol. The normalized spacial score (nSPS) is 21.3. The summed E-state index contributed by atoms with van der Waals surface area (Å²) >= 11 is 3.38. The number of aromatic nitrogens is 1. The molecule has 3 aromatic rings. The van der Waals surface area contributed by atoms with E-state index in [-0.39, 0.29) is 11.9 Å². The standard InChI is InChI=1S/C20H22N4OS2/c1-12-11-26-18-17-13-3-6-16(24-9-7-23(2)8-10-24)22-14(13)4-5-15(17)27-19(18)20(25)21-12/h3-6,12H,7-11H2,1-2H3,(H,21,25)/t12-/m1/s1. The Labute approximate surface area is 166 Å². The highest BCUT2D eigenvalue weighted by Crippen LogP contribution is 2.43. The lowest BCUT2D eigenvalue weighted by Crippen LogP contribution is -2.44. The zero-order valence-electron chi connectivity index (χ0n) is 15.5. The Bertz CT molecular complexity index is 1040. The lowest BCUT2D eigenvalue weighted by atomic mass is 10.1. The van der Waals surface area contributed by atoms with Gasteiger partial charge in [0.25, 0.3) is 5.91 Å². The number of carbonyl (C=O) groups excluding carboxylic acids is 1. The molecule has 5 rings (SSSR count). The van der Waals surface area contributed by atoms with Gasteiger partial charge in [-0.2, -0.15) is 0 Å². The number of carbonyl (C=O) groups is 1. The zero-order valence-corrected chi connectivity index (χ0v) is 17.1. The van der Waals surface area contributed by atoms with Crippen molar-refractivity contribution in [3.05, 3.63) is 29.1 Å². The van der Waals surface area contributed by atoms with Gasteiger partial charge >= 0.3 is 0 Å². The average Bonchev–Trinajstić information content (AvgIpc) is 2.99. The van der Waals surface area contributed by atoms with Crippen molar-refractivity contribution in [2.24, 2.45) is 0 Å². The van der Waals surface area contributed by atoms with Crippen LogP contribution in [0.3, 0.4) is 0 Å². The Balaban J connectivity index is 1.62. The van der Waals surface area contributed by atoms with Crippen molar-refractivity contribution < 1.29 is 4.79 Å². The summed E-state index contributed by atoms with van der Waals surface area (Å²) in [6, 6.07) is 8.74. The third-order valence-electron chi connectivity index (χ3n) is 5.35. The number of pyridine rings is 1. The quantitative estimate of drug-likeness (QED) is 0.681. The highest BCUT2D eigenvalue weighted by Gasteiger charge is 2.25. The van der Waals surface area contributed by atoms with Crippen LogP contribution < -0.4 is 10.2 Å². The number of nitrogens with one attached hydrogen (secondary N) is 1. The van der Waals surface area contributed by atoms with E-state index in [4.69, 9.17) is 4.98 Å². The van der Waals surface area contributed by atoms with Crippen LogP contribution in [0.15, 0.2) is 29.2 Å². The van der Waals surface area contributed by atoms with Crippen molar-refractivity contribution in [2.75, 3.05) is 43.9 Å². The molecule has 27 heavy (non-hydrogen) atoms. The van der Waals surface area contributed by atoms with Gasteiger partial charge < -0.3 is 15.1 Å². The third-order valence-corrected chi connectivity index (χ3v) is 8.00. The van der Waals surface area contributed by atoms with Gasteiger partial charge in [-0.05, 0) is 38.2 Å². The smallest absolute Gasteiger partial charge is 0.262 e. The third kappa shape index (κ3) is 2.98. The number of rotatable bonds is 1. The molecule has 0 radical (unpaired) electrons. The molecule has 0 saturated carbocycles. The number of fused-ring (bicyclic) bond motifs is 5. The maximum absolute atomic E-state index is 12.6. The summed E-state index contributed by atoms with van der Waals surface area (Å²) in [6.07, 6.45) is 0. The minimum atomic E-state index is 0.0545. The summed E-state index contributed by atoms with van der Waals surface area (Å²) in [5.74, 6) is 2.00. The molecular weight excluding hydrogens is 376 g/mol.